The van der Waals surface area contributed by atoms with Gasteiger partial charge in [0.15, 0.2) is 0 Å². The van der Waals surface area contributed by atoms with Crippen molar-refractivity contribution in [1.29, 1.82) is 0 Å². The van der Waals surface area contributed by atoms with Gasteiger partial charge in [0.1, 0.15) is 5.75 Å². The number of benzene rings is 1. The van der Waals surface area contributed by atoms with Crippen LogP contribution in [0.5, 0.6) is 5.75 Å². The minimum absolute atomic E-state index is 0.0893. The molecule has 1 atom stereocenters. The van der Waals surface area contributed by atoms with Crippen LogP contribution in [0.15, 0.2) is 36.4 Å². The summed E-state index contributed by atoms with van der Waals surface area (Å²) in [7, 11) is 0. The van der Waals surface area contributed by atoms with Crippen molar-refractivity contribution in [3.8, 4) is 5.75 Å². The second kappa shape index (κ2) is 7.93. The molecule has 2 heteroatoms. The summed E-state index contributed by atoms with van der Waals surface area (Å²) in [6.07, 6.45) is 4.19. The Morgan fingerprint density at radius 3 is 2.56 bits per heavy atom. The first-order valence-electron chi connectivity index (χ1n) is 6.76. The highest BCUT2D eigenvalue weighted by Gasteiger charge is 2.05. The molecule has 100 valence electrons. The van der Waals surface area contributed by atoms with Gasteiger partial charge in [-0.1, -0.05) is 31.1 Å². The van der Waals surface area contributed by atoms with Gasteiger partial charge in [-0.05, 0) is 43.9 Å². The number of nitrogens with two attached hydrogens (primary N) is 1. The predicted molar refractivity (Wildman–Crippen MR) is 77.8 cm³/mol. The smallest absolute Gasteiger partial charge is 0.119 e. The summed E-state index contributed by atoms with van der Waals surface area (Å²) in [5.41, 5.74) is 8.48. The van der Waals surface area contributed by atoms with Crippen LogP contribution in [-0.2, 0) is 0 Å². The fraction of sp³-hybridized carbons (Fsp3) is 0.500. The standard InChI is InChI=1S/C16H25NO/c1-4-5-12-18-15-9-7-14(8-10-15)16(17)11-6-13(2)3/h7-10,16H,2,4-6,11-12,17H2,1,3H3. The molecule has 0 aliphatic heterocycles. The maximum Gasteiger partial charge on any atom is 0.119 e. The summed E-state index contributed by atoms with van der Waals surface area (Å²) >= 11 is 0. The molecule has 1 aromatic rings. The highest BCUT2D eigenvalue weighted by Crippen LogP contribution is 2.21. The van der Waals surface area contributed by atoms with E-state index < -0.39 is 0 Å². The van der Waals surface area contributed by atoms with E-state index in [1.54, 1.807) is 0 Å². The first kappa shape index (κ1) is 14.8. The largest absolute Gasteiger partial charge is 0.494 e. The molecule has 0 saturated carbocycles. The molecule has 0 fully saturated rings. The van der Waals surface area contributed by atoms with Gasteiger partial charge < -0.3 is 10.5 Å². The Morgan fingerprint density at radius 2 is 2.00 bits per heavy atom. The van der Waals surface area contributed by atoms with Gasteiger partial charge in [-0.15, -0.1) is 6.58 Å². The van der Waals surface area contributed by atoms with E-state index in [2.05, 4.69) is 25.6 Å². The van der Waals surface area contributed by atoms with Crippen LogP contribution < -0.4 is 10.5 Å². The molecule has 0 amide bonds. The third-order valence-electron chi connectivity index (χ3n) is 2.96. The molecule has 0 radical (unpaired) electrons. The molecule has 1 unspecified atom stereocenters. The van der Waals surface area contributed by atoms with Gasteiger partial charge in [0.25, 0.3) is 0 Å². The van der Waals surface area contributed by atoms with Crippen LogP contribution in [0.1, 0.15) is 51.1 Å². The van der Waals surface area contributed by atoms with E-state index in [1.165, 1.54) is 11.1 Å². The van der Waals surface area contributed by atoms with Gasteiger partial charge in [-0.2, -0.15) is 0 Å². The molecule has 0 aliphatic carbocycles. The van der Waals surface area contributed by atoms with Crippen LogP contribution in [0.4, 0.5) is 0 Å². The Hall–Kier alpha value is -1.28. The van der Waals surface area contributed by atoms with Gasteiger partial charge in [-0.25, -0.2) is 0 Å². The summed E-state index contributed by atoms with van der Waals surface area (Å²) in [5.74, 6) is 0.930. The van der Waals surface area contributed by atoms with Crippen LogP contribution in [0.2, 0.25) is 0 Å². The summed E-state index contributed by atoms with van der Waals surface area (Å²) in [4.78, 5) is 0. The van der Waals surface area contributed by atoms with E-state index >= 15 is 0 Å². The van der Waals surface area contributed by atoms with Gasteiger partial charge >= 0.3 is 0 Å². The van der Waals surface area contributed by atoms with E-state index in [1.807, 2.05) is 19.1 Å². The first-order valence-corrected chi connectivity index (χ1v) is 6.76. The van der Waals surface area contributed by atoms with Gasteiger partial charge in [0.05, 0.1) is 6.61 Å². The molecule has 0 heterocycles. The van der Waals surface area contributed by atoms with Crippen LogP contribution in [0.3, 0.4) is 0 Å². The maximum absolute atomic E-state index is 6.13. The minimum atomic E-state index is 0.0893. The number of hydrogen-bond acceptors (Lipinski definition) is 2. The summed E-state index contributed by atoms with van der Waals surface area (Å²) in [6.45, 7) is 8.89. The molecular formula is C16H25NO. The Bertz CT molecular complexity index is 356. The number of allylic oxidation sites excluding steroid dienone is 1. The zero-order valence-corrected chi connectivity index (χ0v) is 11.6. The number of unbranched alkanes of at least 4 members (excludes halogenated alkanes) is 1. The van der Waals surface area contributed by atoms with Gasteiger partial charge in [0.2, 0.25) is 0 Å². The Balaban J connectivity index is 2.45. The Morgan fingerprint density at radius 1 is 1.33 bits per heavy atom. The first-order chi connectivity index (χ1) is 8.63. The van der Waals surface area contributed by atoms with E-state index in [4.69, 9.17) is 10.5 Å². The fourth-order valence-electron chi connectivity index (χ4n) is 1.71. The summed E-state index contributed by atoms with van der Waals surface area (Å²) in [6, 6.07) is 8.22. The van der Waals surface area contributed by atoms with Crippen molar-refractivity contribution < 1.29 is 4.74 Å². The van der Waals surface area contributed by atoms with Crippen molar-refractivity contribution >= 4 is 0 Å². The molecule has 0 spiro atoms. The molecule has 18 heavy (non-hydrogen) atoms. The van der Waals surface area contributed by atoms with Crippen LogP contribution in [-0.4, -0.2) is 6.61 Å². The molecule has 1 rings (SSSR count). The number of hydrogen-bond donors (Lipinski definition) is 1. The number of rotatable bonds is 8. The zero-order chi connectivity index (χ0) is 13.4. The third kappa shape index (κ3) is 5.37. The molecule has 2 nitrogen and oxygen atoms in total. The Kier molecular flexibility index (Phi) is 6.51. The van der Waals surface area contributed by atoms with Crippen LogP contribution in [0, 0.1) is 0 Å². The lowest BCUT2D eigenvalue weighted by Crippen LogP contribution is -2.10. The van der Waals surface area contributed by atoms with Crippen LogP contribution in [0.25, 0.3) is 0 Å². The summed E-state index contributed by atoms with van der Waals surface area (Å²) in [5, 5.41) is 0. The fourth-order valence-corrected chi connectivity index (χ4v) is 1.71. The Labute approximate surface area is 111 Å². The molecule has 2 N–H and O–H groups in total. The number of ether oxygens (including phenoxy) is 1. The highest BCUT2D eigenvalue weighted by atomic mass is 16.5. The average Bonchev–Trinajstić information content (AvgIpc) is 2.37. The average molecular weight is 247 g/mol. The van der Waals surface area contributed by atoms with E-state index in [0.29, 0.717) is 0 Å². The minimum Gasteiger partial charge on any atom is -0.494 e. The molecule has 0 aliphatic rings. The SMILES string of the molecule is C=C(C)CCC(N)c1ccc(OCCCC)cc1. The molecule has 0 bridgehead atoms. The maximum atomic E-state index is 6.13. The third-order valence-corrected chi connectivity index (χ3v) is 2.96. The second-order valence-electron chi connectivity index (χ2n) is 4.87. The topological polar surface area (TPSA) is 35.2 Å². The van der Waals surface area contributed by atoms with Crippen molar-refractivity contribution in [1.82, 2.24) is 0 Å². The van der Waals surface area contributed by atoms with Crippen LogP contribution >= 0.6 is 0 Å². The molecule has 1 aromatic carbocycles. The molecular weight excluding hydrogens is 222 g/mol. The van der Waals surface area contributed by atoms with E-state index in [0.717, 1.165) is 38.0 Å². The molecule has 0 saturated heterocycles. The zero-order valence-electron chi connectivity index (χ0n) is 11.6. The van der Waals surface area contributed by atoms with Crippen molar-refractivity contribution in [2.75, 3.05) is 6.61 Å². The van der Waals surface area contributed by atoms with E-state index in [9.17, 15) is 0 Å². The normalized spacial score (nSPS) is 12.2. The quantitative estimate of drug-likeness (QED) is 0.551. The molecule has 0 aromatic heterocycles. The van der Waals surface area contributed by atoms with Gasteiger partial charge in [-0.3, -0.25) is 0 Å². The van der Waals surface area contributed by atoms with Crippen molar-refractivity contribution in [2.24, 2.45) is 5.73 Å². The highest BCUT2D eigenvalue weighted by molar-refractivity contribution is 5.29. The second-order valence-corrected chi connectivity index (χ2v) is 4.87. The lowest BCUT2D eigenvalue weighted by Gasteiger charge is -2.13. The van der Waals surface area contributed by atoms with E-state index in [-0.39, 0.29) is 6.04 Å². The lowest BCUT2D eigenvalue weighted by molar-refractivity contribution is 0.309. The monoisotopic (exact) mass is 247 g/mol. The van der Waals surface area contributed by atoms with Crippen molar-refractivity contribution in [3.63, 3.8) is 0 Å². The van der Waals surface area contributed by atoms with Crippen molar-refractivity contribution in [2.45, 2.75) is 45.6 Å². The lowest BCUT2D eigenvalue weighted by atomic mass is 10.0. The van der Waals surface area contributed by atoms with Gasteiger partial charge in [0, 0.05) is 6.04 Å². The predicted octanol–water partition coefficient (Wildman–Crippen LogP) is 4.22. The summed E-state index contributed by atoms with van der Waals surface area (Å²) < 4.78 is 5.62. The van der Waals surface area contributed by atoms with Crippen molar-refractivity contribution in [3.05, 3.63) is 42.0 Å².